The standard InChI is InChI=1S/C18H18F2N2/c1-11-8-15(19)17(16(20)9-11)14-10-21-18(12(14)2)22-13-6-4-3-5-7-13/h3-9,12,14H,10H2,1-2H3,(H,21,22)/t12-,14+/m0/s1. The van der Waals surface area contributed by atoms with Crippen molar-refractivity contribution in [2.75, 3.05) is 11.9 Å². The summed E-state index contributed by atoms with van der Waals surface area (Å²) >= 11 is 0. The van der Waals surface area contributed by atoms with Gasteiger partial charge in [-0.3, -0.25) is 4.99 Å². The number of benzene rings is 2. The van der Waals surface area contributed by atoms with Crippen LogP contribution in [0.5, 0.6) is 0 Å². The number of hydrogen-bond donors (Lipinski definition) is 1. The van der Waals surface area contributed by atoms with Crippen LogP contribution in [0.25, 0.3) is 0 Å². The lowest BCUT2D eigenvalue weighted by Crippen LogP contribution is -2.22. The molecule has 2 atom stereocenters. The van der Waals surface area contributed by atoms with Gasteiger partial charge in [-0.25, -0.2) is 8.78 Å². The van der Waals surface area contributed by atoms with E-state index in [0.717, 1.165) is 11.5 Å². The zero-order valence-corrected chi connectivity index (χ0v) is 12.6. The highest BCUT2D eigenvalue weighted by Crippen LogP contribution is 2.35. The molecule has 0 saturated heterocycles. The van der Waals surface area contributed by atoms with Gasteiger partial charge in [-0.1, -0.05) is 25.1 Å². The van der Waals surface area contributed by atoms with E-state index in [9.17, 15) is 8.78 Å². The Kier molecular flexibility index (Phi) is 3.92. The van der Waals surface area contributed by atoms with Gasteiger partial charge in [-0.05, 0) is 36.8 Å². The first-order valence-electron chi connectivity index (χ1n) is 7.38. The fourth-order valence-electron chi connectivity index (χ4n) is 2.92. The second-order valence-electron chi connectivity index (χ2n) is 5.75. The second kappa shape index (κ2) is 5.87. The van der Waals surface area contributed by atoms with E-state index < -0.39 is 11.6 Å². The molecule has 22 heavy (non-hydrogen) atoms. The molecule has 1 aliphatic rings. The van der Waals surface area contributed by atoms with E-state index in [4.69, 9.17) is 0 Å². The van der Waals surface area contributed by atoms with Crippen molar-refractivity contribution in [1.29, 1.82) is 0 Å². The molecule has 0 bridgehead atoms. The maximum absolute atomic E-state index is 14.2. The largest absolute Gasteiger partial charge is 0.344 e. The fraction of sp³-hybridized carbons (Fsp3) is 0.278. The Morgan fingerprint density at radius 3 is 2.36 bits per heavy atom. The minimum atomic E-state index is -0.481. The Labute approximate surface area is 128 Å². The van der Waals surface area contributed by atoms with Gasteiger partial charge in [-0.15, -0.1) is 0 Å². The number of rotatable bonds is 2. The maximum atomic E-state index is 14.2. The molecular weight excluding hydrogens is 282 g/mol. The Bertz CT molecular complexity index is 687. The van der Waals surface area contributed by atoms with Crippen LogP contribution in [0.15, 0.2) is 47.5 Å². The molecule has 2 aromatic rings. The van der Waals surface area contributed by atoms with E-state index >= 15 is 0 Å². The van der Waals surface area contributed by atoms with Crippen LogP contribution in [0, 0.1) is 24.5 Å². The van der Waals surface area contributed by atoms with Crippen molar-refractivity contribution in [2.24, 2.45) is 10.9 Å². The fourth-order valence-corrected chi connectivity index (χ4v) is 2.92. The van der Waals surface area contributed by atoms with E-state index in [1.807, 2.05) is 37.3 Å². The van der Waals surface area contributed by atoms with Crippen molar-refractivity contribution >= 4 is 11.5 Å². The summed E-state index contributed by atoms with van der Waals surface area (Å²) in [6.07, 6.45) is 0. The van der Waals surface area contributed by atoms with Crippen LogP contribution >= 0.6 is 0 Å². The number of anilines is 1. The third kappa shape index (κ3) is 2.73. The monoisotopic (exact) mass is 300 g/mol. The zero-order valence-electron chi connectivity index (χ0n) is 12.6. The molecule has 0 spiro atoms. The summed E-state index contributed by atoms with van der Waals surface area (Å²) in [7, 11) is 0. The quantitative estimate of drug-likeness (QED) is 0.866. The van der Waals surface area contributed by atoms with Crippen molar-refractivity contribution in [2.45, 2.75) is 19.8 Å². The molecule has 0 fully saturated rings. The van der Waals surface area contributed by atoms with Crippen LogP contribution < -0.4 is 5.32 Å². The number of aryl methyl sites for hydroxylation is 1. The summed E-state index contributed by atoms with van der Waals surface area (Å²) in [6, 6.07) is 12.4. The summed E-state index contributed by atoms with van der Waals surface area (Å²) in [5, 5.41) is 3.25. The van der Waals surface area contributed by atoms with Crippen LogP contribution in [-0.2, 0) is 0 Å². The van der Waals surface area contributed by atoms with Crippen molar-refractivity contribution in [3.63, 3.8) is 0 Å². The third-order valence-corrected chi connectivity index (χ3v) is 4.13. The molecule has 0 radical (unpaired) electrons. The average Bonchev–Trinajstić information content (AvgIpc) is 2.81. The molecule has 1 heterocycles. The molecule has 114 valence electrons. The van der Waals surface area contributed by atoms with E-state index in [1.165, 1.54) is 12.1 Å². The Morgan fingerprint density at radius 1 is 1.09 bits per heavy atom. The minimum absolute atomic E-state index is 0.0630. The van der Waals surface area contributed by atoms with Crippen LogP contribution in [0.1, 0.15) is 24.0 Å². The molecular formula is C18H18F2N2. The predicted octanol–water partition coefficient (Wildman–Crippen LogP) is 4.52. The van der Waals surface area contributed by atoms with Crippen molar-refractivity contribution in [3.8, 4) is 0 Å². The predicted molar refractivity (Wildman–Crippen MR) is 85.4 cm³/mol. The number of hydrogen-bond acceptors (Lipinski definition) is 2. The summed E-state index contributed by atoms with van der Waals surface area (Å²) < 4.78 is 28.4. The van der Waals surface area contributed by atoms with E-state index in [-0.39, 0.29) is 17.4 Å². The van der Waals surface area contributed by atoms with Gasteiger partial charge in [0.05, 0.1) is 0 Å². The molecule has 3 rings (SSSR count). The highest BCUT2D eigenvalue weighted by atomic mass is 19.1. The molecule has 2 aromatic carbocycles. The van der Waals surface area contributed by atoms with Gasteiger partial charge in [0, 0.05) is 29.6 Å². The molecule has 1 aliphatic heterocycles. The maximum Gasteiger partial charge on any atom is 0.129 e. The van der Waals surface area contributed by atoms with E-state index in [2.05, 4.69) is 10.3 Å². The van der Waals surface area contributed by atoms with Crippen LogP contribution in [0.4, 0.5) is 14.5 Å². The SMILES string of the molecule is Cc1cc(F)c([C@@H]2CN=C(Nc3ccccc3)[C@H]2C)c(F)c1. The first-order chi connectivity index (χ1) is 10.6. The van der Waals surface area contributed by atoms with Gasteiger partial charge in [-0.2, -0.15) is 0 Å². The molecule has 4 heteroatoms. The number of halogens is 2. The normalized spacial score (nSPS) is 20.8. The lowest BCUT2D eigenvalue weighted by Gasteiger charge is -2.19. The van der Waals surface area contributed by atoms with Gasteiger partial charge >= 0.3 is 0 Å². The lowest BCUT2D eigenvalue weighted by molar-refractivity contribution is 0.503. The van der Waals surface area contributed by atoms with Crippen LogP contribution in [0.3, 0.4) is 0 Å². The van der Waals surface area contributed by atoms with Gasteiger partial charge in [0.1, 0.15) is 17.5 Å². The van der Waals surface area contributed by atoms with Gasteiger partial charge in [0.25, 0.3) is 0 Å². The number of nitrogens with zero attached hydrogens (tertiary/aromatic N) is 1. The summed E-state index contributed by atoms with van der Waals surface area (Å²) in [5.41, 5.74) is 1.67. The van der Waals surface area contributed by atoms with Crippen molar-refractivity contribution < 1.29 is 8.78 Å². The third-order valence-electron chi connectivity index (χ3n) is 4.13. The van der Waals surface area contributed by atoms with Crippen LogP contribution in [0.2, 0.25) is 0 Å². The summed E-state index contributed by atoms with van der Waals surface area (Å²) in [4.78, 5) is 4.45. The molecule has 2 nitrogen and oxygen atoms in total. The Morgan fingerprint density at radius 2 is 1.73 bits per heavy atom. The number of aliphatic imine (C=N–C) groups is 1. The lowest BCUT2D eigenvalue weighted by atomic mass is 9.87. The number of amidine groups is 1. The van der Waals surface area contributed by atoms with Gasteiger partial charge in [0.2, 0.25) is 0 Å². The van der Waals surface area contributed by atoms with Crippen LogP contribution in [-0.4, -0.2) is 12.4 Å². The topological polar surface area (TPSA) is 24.4 Å². The zero-order chi connectivity index (χ0) is 15.7. The smallest absolute Gasteiger partial charge is 0.129 e. The van der Waals surface area contributed by atoms with E-state index in [1.54, 1.807) is 6.92 Å². The van der Waals surface area contributed by atoms with Crippen molar-refractivity contribution in [1.82, 2.24) is 0 Å². The molecule has 0 amide bonds. The Balaban J connectivity index is 1.83. The molecule has 0 saturated carbocycles. The molecule has 0 aliphatic carbocycles. The van der Waals surface area contributed by atoms with Gasteiger partial charge < -0.3 is 5.32 Å². The second-order valence-corrected chi connectivity index (χ2v) is 5.75. The summed E-state index contributed by atoms with van der Waals surface area (Å²) in [6.45, 7) is 4.03. The number of nitrogens with one attached hydrogen (secondary N) is 1. The summed E-state index contributed by atoms with van der Waals surface area (Å²) in [5.74, 6) is -0.523. The van der Waals surface area contributed by atoms with Crippen molar-refractivity contribution in [3.05, 3.63) is 65.2 Å². The molecule has 0 unspecified atom stereocenters. The highest BCUT2D eigenvalue weighted by Gasteiger charge is 2.33. The van der Waals surface area contributed by atoms with Gasteiger partial charge in [0.15, 0.2) is 0 Å². The first-order valence-corrected chi connectivity index (χ1v) is 7.38. The average molecular weight is 300 g/mol. The first kappa shape index (κ1) is 14.7. The van der Waals surface area contributed by atoms with E-state index in [0.29, 0.717) is 12.1 Å². The highest BCUT2D eigenvalue weighted by molar-refractivity contribution is 5.98. The minimum Gasteiger partial charge on any atom is -0.344 e. The molecule has 1 N–H and O–H groups in total. The molecule has 0 aromatic heterocycles. The number of para-hydroxylation sites is 1. The Hall–Kier alpha value is -2.23.